The first-order valence-electron chi connectivity index (χ1n) is 8.47. The zero-order valence-corrected chi connectivity index (χ0v) is 14.7. The molecule has 0 fully saturated rings. The van der Waals surface area contributed by atoms with Crippen molar-refractivity contribution < 1.29 is 23.2 Å². The molecular formula is C21H17NO5. The summed E-state index contributed by atoms with van der Waals surface area (Å²) in [6.07, 6.45) is 0. The molecule has 0 radical (unpaired) electrons. The molecule has 136 valence electrons. The minimum Gasteiger partial charge on any atom is -0.482 e. The highest BCUT2D eigenvalue weighted by atomic mass is 16.6. The first-order valence-corrected chi connectivity index (χ1v) is 8.47. The number of para-hydroxylation sites is 2. The number of hydrogen-bond donors (Lipinski definition) is 0. The highest BCUT2D eigenvalue weighted by Gasteiger charge is 2.13. The van der Waals surface area contributed by atoms with Crippen LogP contribution < -0.4 is 4.74 Å². The van der Waals surface area contributed by atoms with Gasteiger partial charge in [0, 0.05) is 11.5 Å². The summed E-state index contributed by atoms with van der Waals surface area (Å²) in [5.74, 6) is 1.23. The largest absolute Gasteiger partial charge is 0.482 e. The van der Waals surface area contributed by atoms with Crippen LogP contribution in [-0.4, -0.2) is 17.7 Å². The van der Waals surface area contributed by atoms with Gasteiger partial charge in [0.1, 0.15) is 23.6 Å². The van der Waals surface area contributed by atoms with Crippen molar-refractivity contribution in [2.45, 2.75) is 13.5 Å². The molecule has 0 saturated heterocycles. The Morgan fingerprint density at radius 3 is 2.70 bits per heavy atom. The molecule has 0 unspecified atom stereocenters. The normalized spacial score (nSPS) is 10.9. The molecule has 0 aliphatic carbocycles. The van der Waals surface area contributed by atoms with Crippen molar-refractivity contribution in [2.75, 3.05) is 6.61 Å². The van der Waals surface area contributed by atoms with Gasteiger partial charge in [-0.1, -0.05) is 41.6 Å². The molecule has 0 aliphatic heterocycles. The fourth-order valence-electron chi connectivity index (χ4n) is 2.65. The van der Waals surface area contributed by atoms with E-state index >= 15 is 0 Å². The molecule has 0 atom stereocenters. The molecule has 0 N–H and O–H groups in total. The number of fused-ring (bicyclic) bond motifs is 1. The van der Waals surface area contributed by atoms with Crippen LogP contribution in [-0.2, 0) is 16.1 Å². The summed E-state index contributed by atoms with van der Waals surface area (Å²) in [6.45, 7) is 1.74. The van der Waals surface area contributed by atoms with Gasteiger partial charge in [-0.3, -0.25) is 0 Å². The molecule has 0 spiro atoms. The van der Waals surface area contributed by atoms with E-state index in [4.69, 9.17) is 18.4 Å². The molecule has 27 heavy (non-hydrogen) atoms. The van der Waals surface area contributed by atoms with Crippen molar-refractivity contribution in [3.05, 3.63) is 71.9 Å². The van der Waals surface area contributed by atoms with Crippen LogP contribution in [0.3, 0.4) is 0 Å². The summed E-state index contributed by atoms with van der Waals surface area (Å²) in [7, 11) is 0. The number of furan rings is 1. The van der Waals surface area contributed by atoms with Gasteiger partial charge in [-0.05, 0) is 30.7 Å². The van der Waals surface area contributed by atoms with Crippen molar-refractivity contribution >= 4 is 16.9 Å². The van der Waals surface area contributed by atoms with E-state index in [2.05, 4.69) is 5.16 Å². The highest BCUT2D eigenvalue weighted by Crippen LogP contribution is 2.28. The maximum atomic E-state index is 11.9. The van der Waals surface area contributed by atoms with E-state index in [0.29, 0.717) is 23.0 Å². The number of esters is 1. The number of rotatable bonds is 6. The van der Waals surface area contributed by atoms with Gasteiger partial charge < -0.3 is 18.4 Å². The molecular weight excluding hydrogens is 346 g/mol. The van der Waals surface area contributed by atoms with E-state index in [-0.39, 0.29) is 13.2 Å². The average Bonchev–Trinajstić information content (AvgIpc) is 3.32. The molecule has 0 aliphatic rings. The maximum absolute atomic E-state index is 11.9. The molecule has 2 heterocycles. The predicted molar refractivity (Wildman–Crippen MR) is 98.2 cm³/mol. The van der Waals surface area contributed by atoms with Crippen molar-refractivity contribution in [1.82, 2.24) is 5.16 Å². The number of benzene rings is 2. The van der Waals surface area contributed by atoms with Gasteiger partial charge in [0.2, 0.25) is 5.76 Å². The number of carbonyl (C=O) groups is 1. The van der Waals surface area contributed by atoms with Gasteiger partial charge in [-0.15, -0.1) is 0 Å². The van der Waals surface area contributed by atoms with Crippen molar-refractivity contribution in [3.63, 3.8) is 0 Å². The van der Waals surface area contributed by atoms with E-state index in [1.54, 1.807) is 12.1 Å². The Bertz CT molecular complexity index is 1050. The zero-order chi connectivity index (χ0) is 18.6. The van der Waals surface area contributed by atoms with E-state index in [1.807, 2.05) is 55.5 Å². The third-order valence-corrected chi connectivity index (χ3v) is 4.05. The lowest BCUT2D eigenvalue weighted by molar-refractivity contribution is -0.147. The summed E-state index contributed by atoms with van der Waals surface area (Å²) in [4.78, 5) is 11.9. The fraction of sp³-hybridized carbons (Fsp3) is 0.143. The molecule has 6 heteroatoms. The molecule has 0 saturated carbocycles. The van der Waals surface area contributed by atoms with E-state index in [1.165, 1.54) is 0 Å². The first kappa shape index (κ1) is 16.9. The summed E-state index contributed by atoms with van der Waals surface area (Å²) in [6, 6.07) is 18.7. The van der Waals surface area contributed by atoms with Crippen molar-refractivity contribution in [1.29, 1.82) is 0 Å². The Morgan fingerprint density at radius 2 is 1.85 bits per heavy atom. The number of carbonyl (C=O) groups excluding carboxylic acids is 1. The van der Waals surface area contributed by atoms with Crippen LogP contribution in [0.5, 0.6) is 5.75 Å². The third-order valence-electron chi connectivity index (χ3n) is 4.05. The van der Waals surface area contributed by atoms with Crippen LogP contribution in [0.4, 0.5) is 0 Å². The van der Waals surface area contributed by atoms with Gasteiger partial charge in [0.25, 0.3) is 0 Å². The average molecular weight is 363 g/mol. The van der Waals surface area contributed by atoms with Crippen LogP contribution in [0.1, 0.15) is 11.3 Å². The Balaban J connectivity index is 1.34. The minimum absolute atomic E-state index is 0.000304. The smallest absolute Gasteiger partial charge is 0.344 e. The Morgan fingerprint density at radius 1 is 1.04 bits per heavy atom. The number of aryl methyl sites for hydroxylation is 1. The van der Waals surface area contributed by atoms with E-state index < -0.39 is 5.97 Å². The van der Waals surface area contributed by atoms with Crippen LogP contribution in [0.25, 0.3) is 22.5 Å². The fourth-order valence-corrected chi connectivity index (χ4v) is 2.65. The maximum Gasteiger partial charge on any atom is 0.344 e. The molecule has 0 bridgehead atoms. The quantitative estimate of drug-likeness (QED) is 0.469. The lowest BCUT2D eigenvalue weighted by atomic mass is 10.2. The summed E-state index contributed by atoms with van der Waals surface area (Å²) in [5.41, 5.74) is 2.22. The summed E-state index contributed by atoms with van der Waals surface area (Å²) < 4.78 is 21.7. The molecule has 0 amide bonds. The summed E-state index contributed by atoms with van der Waals surface area (Å²) >= 11 is 0. The zero-order valence-electron chi connectivity index (χ0n) is 14.7. The van der Waals surface area contributed by atoms with Crippen molar-refractivity contribution in [2.24, 2.45) is 0 Å². The number of hydrogen-bond acceptors (Lipinski definition) is 6. The third kappa shape index (κ3) is 3.84. The topological polar surface area (TPSA) is 74.7 Å². The van der Waals surface area contributed by atoms with Crippen molar-refractivity contribution in [3.8, 4) is 17.3 Å². The molecule has 2 aromatic heterocycles. The van der Waals surface area contributed by atoms with Crippen LogP contribution in [0.15, 0.2) is 69.6 Å². The van der Waals surface area contributed by atoms with Crippen LogP contribution in [0, 0.1) is 6.92 Å². The molecule has 2 aromatic carbocycles. The van der Waals surface area contributed by atoms with Gasteiger partial charge in [0.15, 0.2) is 12.4 Å². The molecule has 4 rings (SSSR count). The lowest BCUT2D eigenvalue weighted by Gasteiger charge is -2.08. The minimum atomic E-state index is -0.480. The van der Waals surface area contributed by atoms with Crippen LogP contribution in [0.2, 0.25) is 0 Å². The number of nitrogens with zero attached hydrogens (tertiary/aromatic N) is 1. The van der Waals surface area contributed by atoms with Gasteiger partial charge in [-0.25, -0.2) is 4.79 Å². The van der Waals surface area contributed by atoms with Gasteiger partial charge in [-0.2, -0.15) is 0 Å². The second-order valence-electron chi connectivity index (χ2n) is 6.05. The molecule has 6 nitrogen and oxygen atoms in total. The summed E-state index contributed by atoms with van der Waals surface area (Å²) in [5, 5.41) is 4.89. The standard InChI is InChI=1S/C21H17NO5/c1-14-6-2-4-8-17(14)24-13-21(23)25-12-16-11-20(27-22-16)19-10-15-7-3-5-9-18(15)26-19/h2-11H,12-13H2,1H3. The van der Waals surface area contributed by atoms with E-state index in [0.717, 1.165) is 16.5 Å². The second-order valence-corrected chi connectivity index (χ2v) is 6.05. The van der Waals surface area contributed by atoms with Gasteiger partial charge in [0.05, 0.1) is 0 Å². The lowest BCUT2D eigenvalue weighted by Crippen LogP contribution is -2.15. The Labute approximate surface area is 155 Å². The number of ether oxygens (including phenoxy) is 2. The predicted octanol–water partition coefficient (Wildman–Crippen LogP) is 4.52. The number of aromatic nitrogens is 1. The second kappa shape index (κ2) is 7.37. The monoisotopic (exact) mass is 363 g/mol. The SMILES string of the molecule is Cc1ccccc1OCC(=O)OCc1cc(-c2cc3ccccc3o2)on1. The highest BCUT2D eigenvalue weighted by molar-refractivity contribution is 5.81. The first-order chi connectivity index (χ1) is 13.2. The Kier molecular flexibility index (Phi) is 4.61. The van der Waals surface area contributed by atoms with Crippen LogP contribution >= 0.6 is 0 Å². The molecule has 4 aromatic rings. The van der Waals surface area contributed by atoms with Gasteiger partial charge >= 0.3 is 5.97 Å². The Hall–Kier alpha value is -3.54. The van der Waals surface area contributed by atoms with E-state index in [9.17, 15) is 4.79 Å².